The molecule has 1 aromatic rings. The third-order valence-corrected chi connectivity index (χ3v) is 4.97. The molecule has 0 aromatic heterocycles. The van der Waals surface area contributed by atoms with E-state index in [4.69, 9.17) is 5.14 Å². The van der Waals surface area contributed by atoms with Crippen molar-refractivity contribution in [1.29, 1.82) is 0 Å². The van der Waals surface area contributed by atoms with Crippen molar-refractivity contribution in [2.45, 2.75) is 50.5 Å². The molecule has 1 aliphatic rings. The first kappa shape index (κ1) is 16.7. The predicted molar refractivity (Wildman–Crippen MR) is 84.1 cm³/mol. The fraction of sp³-hybridized carbons (Fsp3) is 0.571. The van der Waals surface area contributed by atoms with Crippen LogP contribution in [0.15, 0.2) is 23.1 Å². The van der Waals surface area contributed by atoms with Crippen molar-refractivity contribution in [3.63, 3.8) is 0 Å². The van der Waals surface area contributed by atoms with Gasteiger partial charge in [0, 0.05) is 12.1 Å². The Morgan fingerprint density at radius 2 is 2.09 bits per heavy atom. The van der Waals surface area contributed by atoms with Crippen LogP contribution in [0.3, 0.4) is 0 Å². The highest BCUT2D eigenvalue weighted by Crippen LogP contribution is 2.37. The number of nitrogens with zero attached hydrogens (tertiary/aromatic N) is 1. The standard InChI is InChI=1S/C14H21N3O4S/c1-14(2)7-3-4-10(9-14)16-12-6-5-11(22(15,20)21)8-13(12)17(18)19/h5-6,8,10,16H,3-4,7,9H2,1-2H3,(H2,15,20,21). The lowest BCUT2D eigenvalue weighted by atomic mass is 9.75. The zero-order valence-electron chi connectivity index (χ0n) is 12.7. The molecule has 0 spiro atoms. The van der Waals surface area contributed by atoms with Crippen LogP contribution in [0.5, 0.6) is 0 Å². The Balaban J connectivity index is 2.29. The van der Waals surface area contributed by atoms with E-state index in [1.165, 1.54) is 12.1 Å². The molecule has 1 aliphatic carbocycles. The van der Waals surface area contributed by atoms with Gasteiger partial charge in [0.15, 0.2) is 0 Å². The van der Waals surface area contributed by atoms with Gasteiger partial charge >= 0.3 is 0 Å². The van der Waals surface area contributed by atoms with E-state index < -0.39 is 14.9 Å². The Labute approximate surface area is 130 Å². The molecular weight excluding hydrogens is 306 g/mol. The van der Waals surface area contributed by atoms with Gasteiger partial charge in [-0.05, 0) is 36.8 Å². The number of nitrogens with two attached hydrogens (primary N) is 1. The molecule has 1 saturated carbocycles. The Kier molecular flexibility index (Phi) is 4.44. The van der Waals surface area contributed by atoms with E-state index >= 15 is 0 Å². The van der Waals surface area contributed by atoms with Gasteiger partial charge in [-0.3, -0.25) is 10.1 Å². The quantitative estimate of drug-likeness (QED) is 0.651. The number of primary sulfonamides is 1. The van der Waals surface area contributed by atoms with Crippen LogP contribution in [-0.4, -0.2) is 19.4 Å². The van der Waals surface area contributed by atoms with Crippen molar-refractivity contribution in [3.05, 3.63) is 28.3 Å². The topological polar surface area (TPSA) is 115 Å². The van der Waals surface area contributed by atoms with Crippen LogP contribution in [0.25, 0.3) is 0 Å². The van der Waals surface area contributed by atoms with Crippen LogP contribution in [-0.2, 0) is 10.0 Å². The van der Waals surface area contributed by atoms with Crippen LogP contribution in [0.1, 0.15) is 39.5 Å². The second-order valence-corrected chi connectivity index (χ2v) is 8.14. The number of nitrogens with one attached hydrogen (secondary N) is 1. The summed E-state index contributed by atoms with van der Waals surface area (Å²) < 4.78 is 22.7. The number of benzene rings is 1. The first-order valence-electron chi connectivity index (χ1n) is 7.16. The largest absolute Gasteiger partial charge is 0.377 e. The van der Waals surface area contributed by atoms with Crippen LogP contribution < -0.4 is 10.5 Å². The Morgan fingerprint density at radius 1 is 1.41 bits per heavy atom. The summed E-state index contributed by atoms with van der Waals surface area (Å²) in [6.45, 7) is 4.36. The first-order chi connectivity index (χ1) is 10.1. The zero-order valence-corrected chi connectivity index (χ0v) is 13.5. The van der Waals surface area contributed by atoms with E-state index in [1.807, 2.05) is 0 Å². The summed E-state index contributed by atoms with van der Waals surface area (Å²) in [4.78, 5) is 10.4. The average Bonchev–Trinajstić information content (AvgIpc) is 2.36. The van der Waals surface area contributed by atoms with Gasteiger partial charge in [0.25, 0.3) is 5.69 Å². The molecule has 2 rings (SSSR count). The van der Waals surface area contributed by atoms with Crippen LogP contribution in [0, 0.1) is 15.5 Å². The minimum absolute atomic E-state index is 0.141. The van der Waals surface area contributed by atoms with E-state index in [0.717, 1.165) is 31.7 Å². The first-order valence-corrected chi connectivity index (χ1v) is 8.71. The summed E-state index contributed by atoms with van der Waals surface area (Å²) in [7, 11) is -3.96. The second kappa shape index (κ2) is 5.85. The van der Waals surface area contributed by atoms with Gasteiger partial charge in [-0.2, -0.15) is 0 Å². The number of sulfonamides is 1. The lowest BCUT2D eigenvalue weighted by Crippen LogP contribution is -2.32. The Morgan fingerprint density at radius 3 is 2.64 bits per heavy atom. The number of rotatable bonds is 4. The van der Waals surface area contributed by atoms with Crippen molar-refractivity contribution >= 4 is 21.4 Å². The summed E-state index contributed by atoms with van der Waals surface area (Å²) >= 11 is 0. The number of nitro groups is 1. The molecule has 1 unspecified atom stereocenters. The van der Waals surface area contributed by atoms with Gasteiger partial charge in [-0.25, -0.2) is 13.6 Å². The Bertz CT molecular complexity index is 685. The van der Waals surface area contributed by atoms with Crippen LogP contribution >= 0.6 is 0 Å². The molecule has 0 saturated heterocycles. The molecule has 8 heteroatoms. The van der Waals surface area contributed by atoms with Gasteiger partial charge in [0.1, 0.15) is 5.69 Å². The van der Waals surface area contributed by atoms with E-state index in [0.29, 0.717) is 5.69 Å². The maximum Gasteiger partial charge on any atom is 0.293 e. The van der Waals surface area contributed by atoms with Gasteiger partial charge in [0.05, 0.1) is 9.82 Å². The van der Waals surface area contributed by atoms with Crippen molar-refractivity contribution in [1.82, 2.24) is 0 Å². The van der Waals surface area contributed by atoms with E-state index in [9.17, 15) is 18.5 Å². The monoisotopic (exact) mass is 327 g/mol. The molecule has 122 valence electrons. The van der Waals surface area contributed by atoms with Gasteiger partial charge in [-0.15, -0.1) is 0 Å². The highest BCUT2D eigenvalue weighted by Gasteiger charge is 2.29. The minimum atomic E-state index is -3.96. The molecule has 0 amide bonds. The molecule has 0 radical (unpaired) electrons. The van der Waals surface area contributed by atoms with E-state index in [2.05, 4.69) is 19.2 Å². The molecule has 22 heavy (non-hydrogen) atoms. The third-order valence-electron chi connectivity index (χ3n) is 4.06. The maximum atomic E-state index is 11.3. The zero-order chi connectivity index (χ0) is 16.5. The van der Waals surface area contributed by atoms with Gasteiger partial charge in [0.2, 0.25) is 10.0 Å². The highest BCUT2D eigenvalue weighted by atomic mass is 32.2. The minimum Gasteiger partial charge on any atom is -0.377 e. The SMILES string of the molecule is CC1(C)CCCC(Nc2ccc(S(N)(=O)=O)cc2[N+](=O)[O-])C1. The number of hydrogen-bond donors (Lipinski definition) is 2. The van der Waals surface area contributed by atoms with E-state index in [-0.39, 0.29) is 22.0 Å². The highest BCUT2D eigenvalue weighted by molar-refractivity contribution is 7.89. The lowest BCUT2D eigenvalue weighted by molar-refractivity contribution is -0.384. The fourth-order valence-electron chi connectivity index (χ4n) is 3.00. The molecule has 3 N–H and O–H groups in total. The Hall–Kier alpha value is -1.67. The normalized spacial score (nSPS) is 21.3. The van der Waals surface area contributed by atoms with Crippen molar-refractivity contribution in [2.24, 2.45) is 10.6 Å². The van der Waals surface area contributed by atoms with Crippen molar-refractivity contribution in [3.8, 4) is 0 Å². The molecule has 0 heterocycles. The number of hydrogen-bond acceptors (Lipinski definition) is 5. The van der Waals surface area contributed by atoms with E-state index in [1.54, 1.807) is 0 Å². The van der Waals surface area contributed by atoms with Gasteiger partial charge < -0.3 is 5.32 Å². The fourth-order valence-corrected chi connectivity index (χ4v) is 3.54. The maximum absolute atomic E-state index is 11.3. The number of nitro benzene ring substituents is 1. The summed E-state index contributed by atoms with van der Waals surface area (Å²) in [5, 5.41) is 19.4. The molecule has 0 aliphatic heterocycles. The molecule has 1 aromatic carbocycles. The molecule has 1 fully saturated rings. The molecule has 1 atom stereocenters. The number of anilines is 1. The summed E-state index contributed by atoms with van der Waals surface area (Å²) in [5.41, 5.74) is 0.264. The molecule has 0 bridgehead atoms. The summed E-state index contributed by atoms with van der Waals surface area (Å²) in [6.07, 6.45) is 4.06. The lowest BCUT2D eigenvalue weighted by Gasteiger charge is -2.35. The van der Waals surface area contributed by atoms with Crippen LogP contribution in [0.4, 0.5) is 11.4 Å². The average molecular weight is 327 g/mol. The second-order valence-electron chi connectivity index (χ2n) is 6.58. The van der Waals surface area contributed by atoms with Crippen LogP contribution in [0.2, 0.25) is 0 Å². The molecular formula is C14H21N3O4S. The summed E-state index contributed by atoms with van der Waals surface area (Å²) in [6, 6.07) is 3.85. The van der Waals surface area contributed by atoms with Gasteiger partial charge in [-0.1, -0.05) is 20.3 Å². The van der Waals surface area contributed by atoms with Crippen molar-refractivity contribution in [2.75, 3.05) is 5.32 Å². The third kappa shape index (κ3) is 3.95. The molecule has 7 nitrogen and oxygen atoms in total. The predicted octanol–water partition coefficient (Wildman–Crippen LogP) is 2.62. The smallest absolute Gasteiger partial charge is 0.293 e. The van der Waals surface area contributed by atoms with Crippen molar-refractivity contribution < 1.29 is 13.3 Å². The summed E-state index contributed by atoms with van der Waals surface area (Å²) in [5.74, 6) is 0.